The number of piperidine rings is 1. The Morgan fingerprint density at radius 3 is 2.55 bits per heavy atom. The predicted molar refractivity (Wildman–Crippen MR) is 120 cm³/mol. The van der Waals surface area contributed by atoms with Crippen LogP contribution in [0.2, 0.25) is 0 Å². The Balaban J connectivity index is 1.73. The molecule has 0 aliphatic carbocycles. The van der Waals surface area contributed by atoms with E-state index in [2.05, 4.69) is 4.98 Å². The van der Waals surface area contributed by atoms with Gasteiger partial charge in [0.1, 0.15) is 11.6 Å². The number of aromatic nitrogens is 1. The third kappa shape index (κ3) is 5.98. The van der Waals surface area contributed by atoms with Gasteiger partial charge in [-0.1, -0.05) is 18.2 Å². The van der Waals surface area contributed by atoms with Crippen LogP contribution in [0, 0.1) is 0 Å². The highest BCUT2D eigenvalue weighted by atomic mass is 16.6. The first-order valence-corrected chi connectivity index (χ1v) is 10.8. The molecule has 9 nitrogen and oxygen atoms in total. The lowest BCUT2D eigenvalue weighted by atomic mass is 9.99. The van der Waals surface area contributed by atoms with Gasteiger partial charge in [0.15, 0.2) is 6.61 Å². The first-order valence-electron chi connectivity index (χ1n) is 10.8. The molecule has 3 rings (SSSR count). The Bertz CT molecular complexity index is 1030. The molecular formula is C24H30N2O7. The zero-order valence-corrected chi connectivity index (χ0v) is 19.6. The van der Waals surface area contributed by atoms with Crippen LogP contribution in [0.15, 0.2) is 30.3 Å². The second-order valence-electron chi connectivity index (χ2n) is 8.84. The van der Waals surface area contributed by atoms with E-state index in [4.69, 9.17) is 18.9 Å². The summed E-state index contributed by atoms with van der Waals surface area (Å²) in [5.74, 6) is -0.993. The van der Waals surface area contributed by atoms with E-state index in [0.717, 1.165) is 5.39 Å². The number of methoxy groups -OCH3 is 2. The number of likely N-dealkylation sites (tertiary alicyclic amines) is 1. The molecule has 2 aromatic rings. The fraction of sp³-hybridized carbons (Fsp3) is 0.500. The van der Waals surface area contributed by atoms with Gasteiger partial charge in [0.05, 0.1) is 24.3 Å². The Hall–Kier alpha value is -3.20. The topological polar surface area (TPSA) is 104 Å². The lowest BCUT2D eigenvalue weighted by Gasteiger charge is -2.38. The summed E-state index contributed by atoms with van der Waals surface area (Å²) in [6, 6.07) is 8.06. The lowest BCUT2D eigenvalue weighted by molar-refractivity contribution is -0.152. The zero-order valence-electron chi connectivity index (χ0n) is 19.6. The number of nitrogens with zero attached hydrogens (tertiary/aromatic N) is 2. The van der Waals surface area contributed by atoms with Gasteiger partial charge in [0.2, 0.25) is 11.7 Å². The van der Waals surface area contributed by atoms with Gasteiger partial charge >= 0.3 is 12.1 Å². The second kappa shape index (κ2) is 10.2. The van der Waals surface area contributed by atoms with Crippen molar-refractivity contribution in [1.29, 1.82) is 0 Å². The molecule has 0 saturated carbocycles. The van der Waals surface area contributed by atoms with Crippen LogP contribution in [0.4, 0.5) is 4.79 Å². The number of hydrogen-bond donors (Lipinski definition) is 0. The number of rotatable bonds is 6. The molecule has 1 aliphatic rings. The predicted octanol–water partition coefficient (Wildman–Crippen LogP) is 3.38. The van der Waals surface area contributed by atoms with Crippen LogP contribution in [-0.4, -0.2) is 72.8 Å². The van der Waals surface area contributed by atoms with E-state index in [9.17, 15) is 14.4 Å². The summed E-state index contributed by atoms with van der Waals surface area (Å²) in [6.45, 7) is 5.03. The highest BCUT2D eigenvalue weighted by Crippen LogP contribution is 2.25. The van der Waals surface area contributed by atoms with Crippen molar-refractivity contribution in [3.8, 4) is 5.88 Å². The number of pyridine rings is 1. The Kier molecular flexibility index (Phi) is 7.53. The number of para-hydroxylation sites is 1. The zero-order chi connectivity index (χ0) is 24.2. The molecule has 0 bridgehead atoms. The monoisotopic (exact) mass is 458 g/mol. The number of esters is 1. The van der Waals surface area contributed by atoms with Crippen LogP contribution in [0.5, 0.6) is 5.88 Å². The fourth-order valence-corrected chi connectivity index (χ4v) is 3.67. The van der Waals surface area contributed by atoms with Gasteiger partial charge in [-0.25, -0.2) is 14.6 Å². The van der Waals surface area contributed by atoms with Crippen molar-refractivity contribution in [2.75, 3.05) is 27.4 Å². The van der Waals surface area contributed by atoms with Crippen molar-refractivity contribution >= 4 is 28.7 Å². The number of Topliss-reactive ketones (excluding diaryl/α,β-unsaturated/α-hetero) is 1. The summed E-state index contributed by atoms with van der Waals surface area (Å²) >= 11 is 0. The van der Waals surface area contributed by atoms with Crippen LogP contribution in [0.25, 0.3) is 10.9 Å². The Labute approximate surface area is 192 Å². The van der Waals surface area contributed by atoms with Crippen molar-refractivity contribution in [3.63, 3.8) is 0 Å². The number of hydrogen-bond acceptors (Lipinski definition) is 8. The maximum atomic E-state index is 12.9. The van der Waals surface area contributed by atoms with Gasteiger partial charge < -0.3 is 18.9 Å². The molecular weight excluding hydrogens is 428 g/mol. The molecule has 1 unspecified atom stereocenters. The second-order valence-corrected chi connectivity index (χ2v) is 8.84. The lowest BCUT2D eigenvalue weighted by Crippen LogP contribution is -2.53. The highest BCUT2D eigenvalue weighted by Gasteiger charge is 2.39. The van der Waals surface area contributed by atoms with Crippen molar-refractivity contribution in [1.82, 2.24) is 9.88 Å². The van der Waals surface area contributed by atoms with E-state index in [0.29, 0.717) is 11.9 Å². The third-order valence-electron chi connectivity index (χ3n) is 5.32. The smallest absolute Gasteiger partial charge is 0.411 e. The Morgan fingerprint density at radius 1 is 1.15 bits per heavy atom. The van der Waals surface area contributed by atoms with Crippen LogP contribution in [0.3, 0.4) is 0 Å². The van der Waals surface area contributed by atoms with Crippen LogP contribution in [-0.2, 0) is 19.0 Å². The standard InChI is InChI=1S/C24H30N2O7/c1-24(2,3)33-23(29)26-11-10-16(30-4)13-19(26)22(28)32-14-20(27)17-12-15-8-6-7-9-18(15)25-21(17)31-5/h6-9,12,16,19H,10-11,13-14H2,1-5H3/t16?,19-/m0/s1. The van der Waals surface area contributed by atoms with Crippen molar-refractivity contribution in [2.45, 2.75) is 51.4 Å². The van der Waals surface area contributed by atoms with Gasteiger partial charge in [0.25, 0.3) is 0 Å². The van der Waals surface area contributed by atoms with Crippen molar-refractivity contribution < 1.29 is 33.3 Å². The van der Waals surface area contributed by atoms with E-state index in [1.165, 1.54) is 12.0 Å². The number of amides is 1. The summed E-state index contributed by atoms with van der Waals surface area (Å²) in [5.41, 5.74) is 0.189. The number of benzene rings is 1. The van der Waals surface area contributed by atoms with Gasteiger partial charge in [-0.3, -0.25) is 9.69 Å². The molecule has 0 N–H and O–H groups in total. The fourth-order valence-electron chi connectivity index (χ4n) is 3.67. The summed E-state index contributed by atoms with van der Waals surface area (Å²) in [6.07, 6.45) is 0.00891. The average molecular weight is 459 g/mol. The van der Waals surface area contributed by atoms with Crippen LogP contribution >= 0.6 is 0 Å². The third-order valence-corrected chi connectivity index (χ3v) is 5.32. The minimum absolute atomic E-state index is 0.155. The summed E-state index contributed by atoms with van der Waals surface area (Å²) in [4.78, 5) is 44.1. The summed E-state index contributed by atoms with van der Waals surface area (Å²) in [5, 5.41) is 0.763. The molecule has 1 amide bonds. The van der Waals surface area contributed by atoms with Crippen LogP contribution < -0.4 is 4.74 Å². The van der Waals surface area contributed by atoms with E-state index in [-0.39, 0.29) is 30.5 Å². The Morgan fingerprint density at radius 2 is 1.88 bits per heavy atom. The van der Waals surface area contributed by atoms with Gasteiger partial charge in [-0.05, 0) is 39.3 Å². The SMILES string of the molecule is COc1nc2ccccc2cc1C(=O)COC(=O)[C@@H]1CC(OC)CCN1C(=O)OC(C)(C)C. The number of ether oxygens (including phenoxy) is 4. The largest absolute Gasteiger partial charge is 0.480 e. The number of carbonyl (C=O) groups excluding carboxylic acids is 3. The molecule has 1 aliphatic heterocycles. The van der Waals surface area contributed by atoms with Crippen LogP contribution in [0.1, 0.15) is 44.0 Å². The maximum Gasteiger partial charge on any atom is 0.411 e. The normalized spacial score (nSPS) is 18.6. The molecule has 1 saturated heterocycles. The first-order chi connectivity index (χ1) is 15.6. The molecule has 2 heterocycles. The summed E-state index contributed by atoms with van der Waals surface area (Å²) < 4.78 is 21.4. The molecule has 2 atom stereocenters. The van der Waals surface area contributed by atoms with E-state index in [1.54, 1.807) is 33.9 Å². The van der Waals surface area contributed by atoms with Gasteiger partial charge in [-0.2, -0.15) is 0 Å². The van der Waals surface area contributed by atoms with E-state index >= 15 is 0 Å². The molecule has 1 aromatic carbocycles. The van der Waals surface area contributed by atoms with Gasteiger partial charge in [-0.15, -0.1) is 0 Å². The maximum absolute atomic E-state index is 12.9. The average Bonchev–Trinajstić information content (AvgIpc) is 2.79. The van der Waals surface area contributed by atoms with E-state index < -0.39 is 36.1 Å². The molecule has 1 fully saturated rings. The van der Waals surface area contributed by atoms with E-state index in [1.807, 2.05) is 24.3 Å². The molecule has 0 radical (unpaired) electrons. The molecule has 33 heavy (non-hydrogen) atoms. The minimum Gasteiger partial charge on any atom is -0.480 e. The van der Waals surface area contributed by atoms with Crippen molar-refractivity contribution in [3.05, 3.63) is 35.9 Å². The molecule has 1 aromatic heterocycles. The number of carbonyl (C=O) groups is 3. The molecule has 178 valence electrons. The van der Waals surface area contributed by atoms with Crippen molar-refractivity contribution in [2.24, 2.45) is 0 Å². The number of fused-ring (bicyclic) bond motifs is 1. The van der Waals surface area contributed by atoms with Gasteiger partial charge in [0, 0.05) is 25.5 Å². The first kappa shape index (κ1) is 24.4. The quantitative estimate of drug-likeness (QED) is 0.479. The molecule has 9 heteroatoms. The summed E-state index contributed by atoms with van der Waals surface area (Å²) in [7, 11) is 2.98. The molecule has 0 spiro atoms. The minimum atomic E-state index is -0.914. The highest BCUT2D eigenvalue weighted by molar-refractivity contribution is 6.02. The number of ketones is 1.